The van der Waals surface area contributed by atoms with Crippen molar-refractivity contribution in [2.24, 2.45) is 0 Å². The summed E-state index contributed by atoms with van der Waals surface area (Å²) in [6, 6.07) is 4.51. The summed E-state index contributed by atoms with van der Waals surface area (Å²) in [6.07, 6.45) is 1.43. The molecule has 4 amide bonds. The van der Waals surface area contributed by atoms with Crippen LogP contribution >= 0.6 is 0 Å². The second-order valence-electron chi connectivity index (χ2n) is 5.87. The fraction of sp³-hybridized carbons (Fsp3) is 0.389. The molecule has 134 valence electrons. The number of rotatable bonds is 5. The van der Waals surface area contributed by atoms with E-state index in [2.05, 4.69) is 0 Å². The Balaban J connectivity index is 2.42. The first-order valence-corrected chi connectivity index (χ1v) is 8.01. The topological polar surface area (TPSA) is 76.2 Å². The van der Waals surface area contributed by atoms with Crippen LogP contribution < -0.4 is 9.47 Å². The van der Waals surface area contributed by atoms with E-state index in [0.717, 1.165) is 9.80 Å². The largest absolute Gasteiger partial charge is 0.490 e. The summed E-state index contributed by atoms with van der Waals surface area (Å²) < 4.78 is 11.3. The molecule has 1 aliphatic rings. The highest BCUT2D eigenvalue weighted by Gasteiger charge is 2.37. The van der Waals surface area contributed by atoms with Gasteiger partial charge in [0.1, 0.15) is 5.57 Å². The number of ether oxygens (including phenoxy) is 2. The number of nitrogens with zero attached hydrogens (tertiary/aromatic N) is 2. The summed E-state index contributed by atoms with van der Waals surface area (Å²) in [5.41, 5.74) is 0.525. The normalized spacial score (nSPS) is 15.1. The van der Waals surface area contributed by atoms with Crippen LogP contribution in [0.15, 0.2) is 23.8 Å². The number of carbonyl (C=O) groups excluding carboxylic acids is 3. The standard InChI is InChI=1S/C18H22N2O5/c1-6-24-15-10-12(7-8-14(15)25-11(2)3)9-13-16(21)19(4)18(23)20(5)17(13)22/h7-11H,6H2,1-5H3. The van der Waals surface area contributed by atoms with Gasteiger partial charge in [-0.25, -0.2) is 4.79 Å². The Bertz CT molecular complexity index is 713. The van der Waals surface area contributed by atoms with Gasteiger partial charge in [-0.3, -0.25) is 19.4 Å². The molecule has 2 rings (SSSR count). The second kappa shape index (κ2) is 7.38. The van der Waals surface area contributed by atoms with E-state index in [-0.39, 0.29) is 11.7 Å². The van der Waals surface area contributed by atoms with Gasteiger partial charge in [-0.2, -0.15) is 0 Å². The van der Waals surface area contributed by atoms with Gasteiger partial charge in [-0.1, -0.05) is 6.07 Å². The lowest BCUT2D eigenvalue weighted by atomic mass is 10.1. The summed E-state index contributed by atoms with van der Waals surface area (Å²) in [6.45, 7) is 6.13. The van der Waals surface area contributed by atoms with Crippen molar-refractivity contribution < 1.29 is 23.9 Å². The van der Waals surface area contributed by atoms with Crippen molar-refractivity contribution in [2.45, 2.75) is 26.9 Å². The van der Waals surface area contributed by atoms with E-state index in [0.29, 0.717) is 23.7 Å². The number of amides is 4. The van der Waals surface area contributed by atoms with Crippen molar-refractivity contribution in [2.75, 3.05) is 20.7 Å². The van der Waals surface area contributed by atoms with Gasteiger partial charge in [0.2, 0.25) is 0 Å². The minimum absolute atomic E-state index is 0.0155. The molecule has 1 heterocycles. The van der Waals surface area contributed by atoms with E-state index < -0.39 is 17.8 Å². The molecule has 0 N–H and O–H groups in total. The predicted octanol–water partition coefficient (Wildman–Crippen LogP) is 2.31. The first-order valence-electron chi connectivity index (χ1n) is 8.01. The van der Waals surface area contributed by atoms with Crippen molar-refractivity contribution in [1.29, 1.82) is 0 Å². The molecule has 0 aromatic heterocycles. The highest BCUT2D eigenvalue weighted by Crippen LogP contribution is 2.30. The predicted molar refractivity (Wildman–Crippen MR) is 92.3 cm³/mol. The molecule has 0 atom stereocenters. The quantitative estimate of drug-likeness (QED) is 0.604. The number of urea groups is 1. The molecular formula is C18H22N2O5. The minimum atomic E-state index is -0.650. The van der Waals surface area contributed by atoms with E-state index in [1.165, 1.54) is 20.2 Å². The first kappa shape index (κ1) is 18.5. The molecule has 0 unspecified atom stereocenters. The maximum Gasteiger partial charge on any atom is 0.333 e. The van der Waals surface area contributed by atoms with E-state index in [9.17, 15) is 14.4 Å². The van der Waals surface area contributed by atoms with E-state index >= 15 is 0 Å². The number of benzene rings is 1. The third kappa shape index (κ3) is 3.81. The average molecular weight is 346 g/mol. The van der Waals surface area contributed by atoms with Gasteiger partial charge in [0.15, 0.2) is 11.5 Å². The third-order valence-electron chi connectivity index (χ3n) is 3.59. The molecule has 0 aliphatic carbocycles. The fourth-order valence-corrected chi connectivity index (χ4v) is 2.38. The maximum absolute atomic E-state index is 12.3. The zero-order valence-corrected chi connectivity index (χ0v) is 15.0. The zero-order valence-electron chi connectivity index (χ0n) is 15.0. The molecule has 1 fully saturated rings. The van der Waals surface area contributed by atoms with Crippen LogP contribution in [0.5, 0.6) is 11.5 Å². The molecule has 7 heteroatoms. The number of barbiturate groups is 1. The number of hydrogen-bond donors (Lipinski definition) is 0. The third-order valence-corrected chi connectivity index (χ3v) is 3.59. The molecule has 1 aromatic carbocycles. The Labute approximate surface area is 146 Å². The van der Waals surface area contributed by atoms with Gasteiger partial charge < -0.3 is 9.47 Å². The minimum Gasteiger partial charge on any atom is -0.490 e. The second-order valence-corrected chi connectivity index (χ2v) is 5.87. The van der Waals surface area contributed by atoms with Gasteiger partial charge in [0.25, 0.3) is 11.8 Å². The molecular weight excluding hydrogens is 324 g/mol. The molecule has 0 bridgehead atoms. The molecule has 1 saturated heterocycles. The Morgan fingerprint density at radius 1 is 1.04 bits per heavy atom. The molecule has 0 radical (unpaired) electrons. The van der Waals surface area contributed by atoms with Crippen LogP contribution in [0.3, 0.4) is 0 Å². The van der Waals surface area contributed by atoms with Crippen molar-refractivity contribution in [3.63, 3.8) is 0 Å². The van der Waals surface area contributed by atoms with Gasteiger partial charge in [0.05, 0.1) is 12.7 Å². The van der Waals surface area contributed by atoms with E-state index in [1.807, 2.05) is 20.8 Å². The van der Waals surface area contributed by atoms with Crippen LogP contribution in [-0.2, 0) is 9.59 Å². The van der Waals surface area contributed by atoms with Gasteiger partial charge in [-0.15, -0.1) is 0 Å². The van der Waals surface area contributed by atoms with E-state index in [4.69, 9.17) is 9.47 Å². The van der Waals surface area contributed by atoms with Crippen LogP contribution in [0.25, 0.3) is 6.08 Å². The van der Waals surface area contributed by atoms with Crippen LogP contribution in [0.2, 0.25) is 0 Å². The first-order chi connectivity index (χ1) is 11.8. The average Bonchev–Trinajstić information content (AvgIpc) is 2.57. The van der Waals surface area contributed by atoms with Crippen LogP contribution in [-0.4, -0.2) is 54.5 Å². The molecule has 1 aliphatic heterocycles. The SMILES string of the molecule is CCOc1cc(C=C2C(=O)N(C)C(=O)N(C)C2=O)ccc1OC(C)C. The maximum atomic E-state index is 12.3. The monoisotopic (exact) mass is 346 g/mol. The number of carbonyl (C=O) groups is 3. The molecule has 0 spiro atoms. The Morgan fingerprint density at radius 3 is 2.16 bits per heavy atom. The Morgan fingerprint density at radius 2 is 1.64 bits per heavy atom. The lowest BCUT2D eigenvalue weighted by Gasteiger charge is -2.28. The van der Waals surface area contributed by atoms with Crippen LogP contribution in [0, 0.1) is 0 Å². The summed E-state index contributed by atoms with van der Waals surface area (Å²) >= 11 is 0. The molecule has 25 heavy (non-hydrogen) atoms. The van der Waals surface area contributed by atoms with Crippen LogP contribution in [0.4, 0.5) is 4.79 Å². The van der Waals surface area contributed by atoms with Gasteiger partial charge in [-0.05, 0) is 44.5 Å². The smallest absolute Gasteiger partial charge is 0.333 e. The lowest BCUT2D eigenvalue weighted by Crippen LogP contribution is -2.52. The van der Waals surface area contributed by atoms with Crippen LogP contribution in [0.1, 0.15) is 26.3 Å². The zero-order chi connectivity index (χ0) is 18.7. The van der Waals surface area contributed by atoms with Crippen molar-refractivity contribution in [3.05, 3.63) is 29.3 Å². The van der Waals surface area contributed by atoms with Gasteiger partial charge >= 0.3 is 6.03 Å². The Kier molecular flexibility index (Phi) is 5.46. The summed E-state index contributed by atoms with van der Waals surface area (Å²) in [7, 11) is 2.68. The summed E-state index contributed by atoms with van der Waals surface area (Å²) in [5.74, 6) is -0.147. The molecule has 0 saturated carbocycles. The fourth-order valence-electron chi connectivity index (χ4n) is 2.38. The lowest BCUT2D eigenvalue weighted by molar-refractivity contribution is -0.134. The molecule has 7 nitrogen and oxygen atoms in total. The number of likely N-dealkylation sites (N-methyl/N-ethyl adjacent to an activating group) is 2. The van der Waals surface area contributed by atoms with Gasteiger partial charge in [0, 0.05) is 14.1 Å². The Hall–Kier alpha value is -2.83. The van der Waals surface area contributed by atoms with Crippen molar-refractivity contribution in [3.8, 4) is 11.5 Å². The highest BCUT2D eigenvalue weighted by atomic mass is 16.5. The molecule has 1 aromatic rings. The van der Waals surface area contributed by atoms with E-state index in [1.54, 1.807) is 18.2 Å². The highest BCUT2D eigenvalue weighted by molar-refractivity contribution is 6.30. The summed E-state index contributed by atoms with van der Waals surface area (Å²) in [5, 5.41) is 0. The van der Waals surface area contributed by atoms with Crippen molar-refractivity contribution in [1.82, 2.24) is 9.80 Å². The number of imide groups is 2. The summed E-state index contributed by atoms with van der Waals surface area (Å²) in [4.78, 5) is 38.1. The van der Waals surface area contributed by atoms with Crippen molar-refractivity contribution >= 4 is 23.9 Å². The number of hydrogen-bond acceptors (Lipinski definition) is 5.